The molecule has 0 N–H and O–H groups in total. The molecule has 1 fully saturated rings. The summed E-state index contributed by atoms with van der Waals surface area (Å²) in [5.41, 5.74) is 0.0938. The second kappa shape index (κ2) is 3.91. The molecule has 1 aliphatic rings. The zero-order valence-electron chi connectivity index (χ0n) is 6.97. The molecule has 0 aliphatic carbocycles. The smallest absolute Gasteiger partial charge is 0.0607 e. The minimum Gasteiger partial charge on any atom is -0.554 e. The Hall–Kier alpha value is -1.12. The second-order valence-electron chi connectivity index (χ2n) is 2.77. The number of hydrogen-bond acceptors (Lipinski definition) is 3. The minimum atomic E-state index is 0. The van der Waals surface area contributed by atoms with E-state index in [9.17, 15) is 0 Å². The van der Waals surface area contributed by atoms with Crippen molar-refractivity contribution in [1.82, 2.24) is 0 Å². The van der Waals surface area contributed by atoms with Crippen molar-refractivity contribution in [1.29, 1.82) is 0 Å². The Morgan fingerprint density at radius 1 is 1.45 bits per heavy atom. The molecular weight excluding hydrogens is 399 g/mol. The molecule has 4 heteroatoms. The van der Waals surface area contributed by atoms with Crippen LogP contribution >= 0.6 is 0 Å². The van der Waals surface area contributed by atoms with E-state index < -0.39 is 0 Å². The number of hydrogen-bond donors (Lipinski definition) is 0. The van der Waals surface area contributed by atoms with Gasteiger partial charge in [-0.05, 0) is 0 Å². The van der Waals surface area contributed by atoms with Crippen LogP contribution < -0.4 is 0 Å². The van der Waals surface area contributed by atoms with E-state index in [4.69, 9.17) is 14.2 Å². The fourth-order valence-corrected chi connectivity index (χ4v) is 1.12. The van der Waals surface area contributed by atoms with E-state index in [0.29, 0.717) is 13.2 Å². The molecule has 1 saturated heterocycles. The van der Waals surface area contributed by atoms with Crippen molar-refractivity contribution in [3.8, 4) is 0 Å². The Morgan fingerprint density at radius 2 is 2.09 bits per heavy atom. The number of rotatable bonds is 4. The molecule has 1 aliphatic heterocycles. The molecule has 0 amide bonds. The monoisotopic (exact) mass is 412 g/mol. The largest absolute Gasteiger partial charge is 0.554 e. The van der Waals surface area contributed by atoms with Crippen LogP contribution in [0.4, 0.5) is 0 Å². The zero-order valence-corrected chi connectivity index (χ0v) is 13.4. The average molecular weight is 412 g/mol. The van der Waals surface area contributed by atoms with Crippen LogP contribution in [-0.4, -0.2) is 33.5 Å². The predicted molar refractivity (Wildman–Crippen MR) is 36.4 cm³/mol. The van der Waals surface area contributed by atoms with Crippen LogP contribution in [-0.2, 0) is 14.2 Å². The molecule has 0 atom stereocenters. The first-order valence-corrected chi connectivity index (χ1v) is 3.27. The third-order valence-electron chi connectivity index (χ3n) is 1.68. The average Bonchev–Trinajstić information content (AvgIpc) is 1.84. The van der Waals surface area contributed by atoms with Gasteiger partial charge in [0.05, 0.1) is 25.2 Å². The van der Waals surface area contributed by atoms with E-state index in [2.05, 4.69) is 7.11 Å². The Bertz CT molecular complexity index is 95.9. The summed E-state index contributed by atoms with van der Waals surface area (Å²) in [5.74, 6) is 0. The molecule has 0 spiro atoms. The van der Waals surface area contributed by atoms with Crippen molar-refractivity contribution in [2.45, 2.75) is 0 Å². The van der Waals surface area contributed by atoms with Gasteiger partial charge in [0.2, 0.25) is 0 Å². The maximum atomic E-state index is 5.06. The standard InChI is InChI=1S/C7H13O3.Rf/c1-8-3-7(4-9-2)5-10-6-7;/h1,3-6H2,2H3;/q-1;. The van der Waals surface area contributed by atoms with E-state index in [1.807, 2.05) is 0 Å². The summed E-state index contributed by atoms with van der Waals surface area (Å²) in [4.78, 5) is 0. The van der Waals surface area contributed by atoms with Crippen LogP contribution in [0.25, 0.3) is 0 Å². The maximum absolute atomic E-state index is 5.06. The molecule has 0 saturated carbocycles. The Labute approximate surface area is 61.3 Å². The molecule has 62 valence electrons. The van der Waals surface area contributed by atoms with Gasteiger partial charge in [0.15, 0.2) is 0 Å². The van der Waals surface area contributed by atoms with E-state index >= 15 is 0 Å². The SMILES string of the molecule is [CH2-]OCC1(COC)COC1.[Rf]. The van der Waals surface area contributed by atoms with E-state index in [1.54, 1.807) is 7.11 Å². The topological polar surface area (TPSA) is 27.7 Å². The van der Waals surface area contributed by atoms with Crippen LogP contribution in [0.5, 0.6) is 0 Å². The summed E-state index contributed by atoms with van der Waals surface area (Å²) in [6.07, 6.45) is 0. The summed E-state index contributed by atoms with van der Waals surface area (Å²) in [6.45, 7) is 2.79. The molecule has 1 heterocycles. The van der Waals surface area contributed by atoms with Gasteiger partial charge < -0.3 is 14.2 Å². The second-order valence-corrected chi connectivity index (χ2v) is 2.77. The molecule has 1 rings (SSSR count). The molecule has 0 radical (unpaired) electrons. The minimum absolute atomic E-state index is 0. The van der Waals surface area contributed by atoms with Crippen LogP contribution in [0.2, 0.25) is 0 Å². The fraction of sp³-hybridized carbons (Fsp3) is 0.857. The Morgan fingerprint density at radius 3 is 2.36 bits per heavy atom. The van der Waals surface area contributed by atoms with Crippen molar-refractivity contribution < 1.29 is 14.2 Å². The maximum Gasteiger partial charge on any atom is 0.0607 e. The van der Waals surface area contributed by atoms with E-state index in [0.717, 1.165) is 13.2 Å². The molecule has 0 bridgehead atoms. The molecule has 11 heavy (non-hydrogen) atoms. The van der Waals surface area contributed by atoms with Crippen molar-refractivity contribution in [3.63, 3.8) is 0 Å². The van der Waals surface area contributed by atoms with Crippen molar-refractivity contribution in [3.05, 3.63) is 7.11 Å². The van der Waals surface area contributed by atoms with Gasteiger partial charge in [-0.2, -0.15) is 0 Å². The summed E-state index contributed by atoms with van der Waals surface area (Å²) < 4.78 is 14.9. The van der Waals surface area contributed by atoms with E-state index in [-0.39, 0.29) is 5.41 Å². The van der Waals surface area contributed by atoms with Gasteiger partial charge in [-0.3, -0.25) is 0 Å². The summed E-state index contributed by atoms with van der Waals surface area (Å²) in [7, 11) is 5.01. The molecule has 0 aromatic heterocycles. The van der Waals surface area contributed by atoms with Gasteiger partial charge in [0.25, 0.3) is 0 Å². The number of methoxy groups -OCH3 is 1. The fourth-order valence-electron chi connectivity index (χ4n) is 1.12. The van der Waals surface area contributed by atoms with Crippen molar-refractivity contribution in [2.24, 2.45) is 5.41 Å². The van der Waals surface area contributed by atoms with E-state index in [1.165, 1.54) is 0 Å². The normalized spacial score (nSPS) is 20.2. The molecule has 3 nitrogen and oxygen atoms in total. The summed E-state index contributed by atoms with van der Waals surface area (Å²) in [5, 5.41) is 0. The molecule has 0 aromatic carbocycles. The quantitative estimate of drug-likeness (QED) is 0.629. The van der Waals surface area contributed by atoms with Gasteiger partial charge in [0, 0.05) is 13.7 Å². The van der Waals surface area contributed by atoms with Crippen LogP contribution in [0.1, 0.15) is 0 Å². The predicted octanol–water partition coefficient (Wildman–Crippen LogP) is 0.458. The Balaban J connectivity index is 0.000001000. The molecule has 0 aromatic rings. The van der Waals surface area contributed by atoms with Gasteiger partial charge in [-0.15, -0.1) is 0 Å². The first-order chi connectivity index (χ1) is 4.83. The summed E-state index contributed by atoms with van der Waals surface area (Å²) >= 11 is 0. The first-order valence-electron chi connectivity index (χ1n) is 3.27. The van der Waals surface area contributed by atoms with Crippen LogP contribution in [0.3, 0.4) is 0 Å². The molecule has 0 unspecified atom stereocenters. The van der Waals surface area contributed by atoms with Gasteiger partial charge >= 0.3 is 0 Å². The number of ether oxygens (including phenoxy) is 3. The van der Waals surface area contributed by atoms with Gasteiger partial charge in [-0.25, -0.2) is 7.11 Å². The van der Waals surface area contributed by atoms with Crippen molar-refractivity contribution >= 4 is 0 Å². The zero-order chi connectivity index (χ0) is 7.45. The van der Waals surface area contributed by atoms with Crippen LogP contribution in [0, 0.1) is 12.5 Å². The summed E-state index contributed by atoms with van der Waals surface area (Å²) in [6, 6.07) is 0. The van der Waals surface area contributed by atoms with Crippen LogP contribution in [0.15, 0.2) is 0 Å². The third-order valence-corrected chi connectivity index (χ3v) is 1.68. The van der Waals surface area contributed by atoms with Gasteiger partial charge in [0.1, 0.15) is 0 Å². The first kappa shape index (κ1) is 9.88. The molecular formula is C7H13O3Rf-. The third kappa shape index (κ3) is 1.90. The Kier molecular flexibility index (Phi) is 3.51. The van der Waals surface area contributed by atoms with Crippen molar-refractivity contribution in [2.75, 3.05) is 33.5 Å². The van der Waals surface area contributed by atoms with Gasteiger partial charge in [-0.1, -0.05) is 0 Å².